The Hall–Kier alpha value is -2.02. The van der Waals surface area contributed by atoms with E-state index in [0.29, 0.717) is 10.6 Å². The van der Waals surface area contributed by atoms with Crippen LogP contribution in [0.4, 0.5) is 18.9 Å². The first-order valence-corrected chi connectivity index (χ1v) is 6.03. The Balaban J connectivity index is 2.01. The van der Waals surface area contributed by atoms with Gasteiger partial charge in [-0.15, -0.1) is 24.5 Å². The topological polar surface area (TPSA) is 38.3 Å². The van der Waals surface area contributed by atoms with Crippen LogP contribution in [-0.2, 0) is 0 Å². The monoisotopic (exact) mass is 287 g/mol. The van der Waals surface area contributed by atoms with Crippen molar-refractivity contribution in [2.75, 3.05) is 5.32 Å². The van der Waals surface area contributed by atoms with Crippen LogP contribution in [0.15, 0.2) is 41.8 Å². The smallest absolute Gasteiger partial charge is 0.406 e. The number of benzene rings is 1. The second-order valence-electron chi connectivity index (χ2n) is 3.50. The number of anilines is 1. The number of amides is 1. The van der Waals surface area contributed by atoms with Gasteiger partial charge in [0.25, 0.3) is 5.91 Å². The first-order valence-electron chi connectivity index (χ1n) is 5.15. The van der Waals surface area contributed by atoms with Gasteiger partial charge >= 0.3 is 6.36 Å². The molecule has 0 saturated carbocycles. The molecule has 19 heavy (non-hydrogen) atoms. The Bertz CT molecular complexity index is 549. The highest BCUT2D eigenvalue weighted by Gasteiger charge is 2.30. The van der Waals surface area contributed by atoms with E-state index in [1.165, 1.54) is 23.5 Å². The summed E-state index contributed by atoms with van der Waals surface area (Å²) in [6, 6.07) is 8.34. The Morgan fingerprint density at radius 1 is 1.16 bits per heavy atom. The van der Waals surface area contributed by atoms with Crippen molar-refractivity contribution in [3.63, 3.8) is 0 Å². The van der Waals surface area contributed by atoms with Crippen LogP contribution in [0.25, 0.3) is 0 Å². The van der Waals surface area contributed by atoms with Crippen LogP contribution >= 0.6 is 11.3 Å². The number of hydrogen-bond acceptors (Lipinski definition) is 3. The number of carbonyl (C=O) groups excluding carboxylic acids is 1. The minimum atomic E-state index is -4.72. The summed E-state index contributed by atoms with van der Waals surface area (Å²) in [6.07, 6.45) is -4.72. The lowest BCUT2D eigenvalue weighted by Gasteiger charge is -2.09. The van der Waals surface area contributed by atoms with Gasteiger partial charge in [0, 0.05) is 5.69 Å². The maximum atomic E-state index is 11.9. The molecule has 0 radical (unpaired) electrons. The van der Waals surface area contributed by atoms with Gasteiger partial charge in [0.15, 0.2) is 0 Å². The van der Waals surface area contributed by atoms with E-state index < -0.39 is 6.36 Å². The number of alkyl halides is 3. The number of thiophene rings is 1. The third-order valence-electron chi connectivity index (χ3n) is 2.09. The zero-order chi connectivity index (χ0) is 13.9. The Morgan fingerprint density at radius 3 is 2.37 bits per heavy atom. The maximum absolute atomic E-state index is 11.9. The van der Waals surface area contributed by atoms with Gasteiger partial charge in [-0.05, 0) is 35.7 Å². The highest BCUT2D eigenvalue weighted by Crippen LogP contribution is 2.24. The Labute approximate surface area is 110 Å². The molecule has 0 unspecified atom stereocenters. The summed E-state index contributed by atoms with van der Waals surface area (Å²) in [4.78, 5) is 12.2. The number of hydrogen-bond donors (Lipinski definition) is 1. The molecule has 2 aromatic rings. The Kier molecular flexibility index (Phi) is 3.75. The van der Waals surface area contributed by atoms with Crippen molar-refractivity contribution >= 4 is 22.9 Å². The number of carbonyl (C=O) groups is 1. The molecule has 1 aromatic heterocycles. The SMILES string of the molecule is O=C(Nc1ccc(OC(F)(F)F)cc1)c1cccs1. The first kappa shape index (κ1) is 13.4. The molecule has 1 heterocycles. The lowest BCUT2D eigenvalue weighted by Crippen LogP contribution is -2.17. The van der Waals surface area contributed by atoms with E-state index in [0.717, 1.165) is 12.1 Å². The molecule has 3 nitrogen and oxygen atoms in total. The molecule has 0 fully saturated rings. The standard InChI is InChI=1S/C12H8F3NO2S/c13-12(14,15)18-9-5-3-8(4-6-9)16-11(17)10-2-1-7-19-10/h1-7H,(H,16,17). The summed E-state index contributed by atoms with van der Waals surface area (Å²) in [7, 11) is 0. The van der Waals surface area contributed by atoms with E-state index in [9.17, 15) is 18.0 Å². The van der Waals surface area contributed by atoms with Gasteiger partial charge in [0.2, 0.25) is 0 Å². The summed E-state index contributed by atoms with van der Waals surface area (Å²) >= 11 is 1.28. The highest BCUT2D eigenvalue weighted by molar-refractivity contribution is 7.12. The zero-order valence-corrected chi connectivity index (χ0v) is 10.2. The number of ether oxygens (including phenoxy) is 1. The van der Waals surface area contributed by atoms with Gasteiger partial charge in [-0.1, -0.05) is 6.07 Å². The molecule has 0 aliphatic heterocycles. The van der Waals surface area contributed by atoms with Gasteiger partial charge in [-0.2, -0.15) is 0 Å². The number of nitrogens with one attached hydrogen (secondary N) is 1. The summed E-state index contributed by atoms with van der Waals surface area (Å²) < 4.78 is 39.6. The second-order valence-corrected chi connectivity index (χ2v) is 4.45. The van der Waals surface area contributed by atoms with Gasteiger partial charge < -0.3 is 10.1 Å². The van der Waals surface area contributed by atoms with E-state index in [1.54, 1.807) is 17.5 Å². The van der Waals surface area contributed by atoms with Crippen LogP contribution in [0.3, 0.4) is 0 Å². The molecule has 1 N–H and O–H groups in total. The summed E-state index contributed by atoms with van der Waals surface area (Å²) in [5, 5.41) is 4.33. The molecule has 0 spiro atoms. The van der Waals surface area contributed by atoms with E-state index in [4.69, 9.17) is 0 Å². The second kappa shape index (κ2) is 5.31. The molecule has 0 aliphatic rings. The normalized spacial score (nSPS) is 11.1. The fourth-order valence-corrected chi connectivity index (χ4v) is 1.96. The maximum Gasteiger partial charge on any atom is 0.573 e. The highest BCUT2D eigenvalue weighted by atomic mass is 32.1. The lowest BCUT2D eigenvalue weighted by molar-refractivity contribution is -0.274. The van der Waals surface area contributed by atoms with Crippen molar-refractivity contribution < 1.29 is 22.7 Å². The summed E-state index contributed by atoms with van der Waals surface area (Å²) in [6.45, 7) is 0. The summed E-state index contributed by atoms with van der Waals surface area (Å²) in [5.74, 6) is -0.638. The minimum absolute atomic E-state index is 0.306. The lowest BCUT2D eigenvalue weighted by atomic mass is 10.3. The van der Waals surface area contributed by atoms with E-state index in [2.05, 4.69) is 10.1 Å². The molecular weight excluding hydrogens is 279 g/mol. The zero-order valence-electron chi connectivity index (χ0n) is 9.40. The third kappa shape index (κ3) is 3.99. The van der Waals surface area contributed by atoms with Gasteiger partial charge in [-0.25, -0.2) is 0 Å². The van der Waals surface area contributed by atoms with Crippen LogP contribution in [-0.4, -0.2) is 12.3 Å². The first-order chi connectivity index (χ1) is 8.94. The van der Waals surface area contributed by atoms with Gasteiger partial charge in [-0.3, -0.25) is 4.79 Å². The predicted octanol–water partition coefficient (Wildman–Crippen LogP) is 3.90. The summed E-state index contributed by atoms with van der Waals surface area (Å²) in [5.41, 5.74) is 0.396. The molecule has 1 aromatic carbocycles. The van der Waals surface area contributed by atoms with Crippen LogP contribution in [0.1, 0.15) is 9.67 Å². The number of halogens is 3. The number of rotatable bonds is 3. The quantitative estimate of drug-likeness (QED) is 0.929. The van der Waals surface area contributed by atoms with Crippen molar-refractivity contribution in [1.29, 1.82) is 0 Å². The predicted molar refractivity (Wildman–Crippen MR) is 65.4 cm³/mol. The van der Waals surface area contributed by atoms with Crippen molar-refractivity contribution in [3.05, 3.63) is 46.7 Å². The van der Waals surface area contributed by atoms with Crippen molar-refractivity contribution in [2.24, 2.45) is 0 Å². The van der Waals surface area contributed by atoms with Crippen LogP contribution in [0.2, 0.25) is 0 Å². The van der Waals surface area contributed by atoms with Crippen LogP contribution in [0.5, 0.6) is 5.75 Å². The van der Waals surface area contributed by atoms with E-state index >= 15 is 0 Å². The molecule has 0 atom stereocenters. The fraction of sp³-hybridized carbons (Fsp3) is 0.0833. The molecule has 100 valence electrons. The third-order valence-corrected chi connectivity index (χ3v) is 2.96. The van der Waals surface area contributed by atoms with Gasteiger partial charge in [0.1, 0.15) is 5.75 Å². The average molecular weight is 287 g/mol. The van der Waals surface area contributed by atoms with Crippen LogP contribution < -0.4 is 10.1 Å². The molecular formula is C12H8F3NO2S. The Morgan fingerprint density at radius 2 is 1.84 bits per heavy atom. The molecule has 7 heteroatoms. The largest absolute Gasteiger partial charge is 0.573 e. The van der Waals surface area contributed by atoms with E-state index in [-0.39, 0.29) is 11.7 Å². The van der Waals surface area contributed by atoms with Crippen molar-refractivity contribution in [3.8, 4) is 5.75 Å². The molecule has 1 amide bonds. The van der Waals surface area contributed by atoms with Gasteiger partial charge in [0.05, 0.1) is 4.88 Å². The molecule has 0 aliphatic carbocycles. The minimum Gasteiger partial charge on any atom is -0.406 e. The van der Waals surface area contributed by atoms with E-state index in [1.807, 2.05) is 0 Å². The van der Waals surface area contributed by atoms with Crippen LogP contribution in [0, 0.1) is 0 Å². The fourth-order valence-electron chi connectivity index (χ4n) is 1.34. The molecule has 2 rings (SSSR count). The van der Waals surface area contributed by atoms with Crippen molar-refractivity contribution in [2.45, 2.75) is 6.36 Å². The average Bonchev–Trinajstić information content (AvgIpc) is 2.83. The molecule has 0 saturated heterocycles. The molecule has 0 bridgehead atoms. The van der Waals surface area contributed by atoms with Crippen molar-refractivity contribution in [1.82, 2.24) is 0 Å².